The van der Waals surface area contributed by atoms with Gasteiger partial charge in [0.2, 0.25) is 5.91 Å². The first-order chi connectivity index (χ1) is 14.9. The second kappa shape index (κ2) is 10.5. The van der Waals surface area contributed by atoms with E-state index >= 15 is 0 Å². The molecule has 2 saturated carbocycles. The highest BCUT2D eigenvalue weighted by atomic mass is 16.4. The molecule has 0 aliphatic heterocycles. The van der Waals surface area contributed by atoms with Gasteiger partial charge in [-0.3, -0.25) is 14.4 Å². The van der Waals surface area contributed by atoms with Crippen LogP contribution in [0.1, 0.15) is 69.8 Å². The van der Waals surface area contributed by atoms with Crippen molar-refractivity contribution in [2.75, 3.05) is 0 Å². The Bertz CT molecular complexity index is 848. The number of hydrogen-bond donors (Lipinski definition) is 3. The molecule has 0 saturated heterocycles. The smallest absolute Gasteiger partial charge is 0.307 e. The van der Waals surface area contributed by atoms with Gasteiger partial charge in [0.1, 0.15) is 0 Å². The minimum absolute atomic E-state index is 0.108. The topological polar surface area (TPSA) is 104 Å². The van der Waals surface area contributed by atoms with Crippen LogP contribution in [0.3, 0.4) is 0 Å². The summed E-state index contributed by atoms with van der Waals surface area (Å²) in [5.74, 6) is 3.02. The lowest BCUT2D eigenvalue weighted by Gasteiger charge is -2.34. The normalized spacial score (nSPS) is 23.2. The standard InChI is InChI=1S/C25H31NO5/c27-22(28)19-11-7-13-21(16-19)26-24(31)25(14-4-5-15-25)17-20(23(29)30)12-6-10-18-8-2-1-3-9-18/h1-3,8-9,19-21H,4-5,7,11-17H2,(H,26,31)(H,27,28)(H,29,30)/t19-,20?,21+/m0/s1. The molecular formula is C25H31NO5. The van der Waals surface area contributed by atoms with Crippen LogP contribution in [-0.4, -0.2) is 34.1 Å². The zero-order chi connectivity index (χ0) is 22.3. The van der Waals surface area contributed by atoms with Crippen LogP contribution in [0.5, 0.6) is 0 Å². The number of benzene rings is 1. The van der Waals surface area contributed by atoms with Crippen molar-refractivity contribution < 1.29 is 24.6 Å². The highest BCUT2D eigenvalue weighted by molar-refractivity contribution is 5.84. The Labute approximate surface area is 183 Å². The van der Waals surface area contributed by atoms with Gasteiger partial charge >= 0.3 is 11.9 Å². The number of hydrogen-bond acceptors (Lipinski definition) is 3. The fourth-order valence-corrected chi connectivity index (χ4v) is 4.98. The van der Waals surface area contributed by atoms with Crippen molar-refractivity contribution in [1.82, 2.24) is 5.32 Å². The first-order valence-corrected chi connectivity index (χ1v) is 11.2. The molecule has 6 nitrogen and oxygen atoms in total. The maximum absolute atomic E-state index is 13.3. The van der Waals surface area contributed by atoms with E-state index in [1.54, 1.807) is 0 Å². The van der Waals surface area contributed by atoms with Crippen molar-refractivity contribution in [3.05, 3.63) is 35.9 Å². The van der Waals surface area contributed by atoms with Crippen molar-refractivity contribution in [2.45, 2.75) is 70.3 Å². The number of amides is 1. The lowest BCUT2D eigenvalue weighted by molar-refractivity contribution is -0.146. The maximum atomic E-state index is 13.3. The third-order valence-corrected chi connectivity index (χ3v) is 6.74. The first-order valence-electron chi connectivity index (χ1n) is 11.2. The first kappa shape index (κ1) is 22.9. The number of rotatable bonds is 7. The predicted molar refractivity (Wildman–Crippen MR) is 116 cm³/mol. The van der Waals surface area contributed by atoms with E-state index in [1.807, 2.05) is 30.3 Å². The summed E-state index contributed by atoms with van der Waals surface area (Å²) in [7, 11) is 0. The summed E-state index contributed by atoms with van der Waals surface area (Å²) in [4.78, 5) is 36.6. The fourth-order valence-electron chi connectivity index (χ4n) is 4.98. The van der Waals surface area contributed by atoms with Gasteiger partial charge in [0, 0.05) is 18.0 Å². The van der Waals surface area contributed by atoms with Gasteiger partial charge in [0.25, 0.3) is 0 Å². The zero-order valence-electron chi connectivity index (χ0n) is 17.8. The molecule has 0 aromatic heterocycles. The minimum atomic E-state index is -0.926. The summed E-state index contributed by atoms with van der Waals surface area (Å²) in [5, 5.41) is 22.2. The van der Waals surface area contributed by atoms with Gasteiger partial charge in [-0.25, -0.2) is 0 Å². The van der Waals surface area contributed by atoms with E-state index in [9.17, 15) is 24.6 Å². The molecular weight excluding hydrogens is 394 g/mol. The number of nitrogens with one attached hydrogen (secondary N) is 1. The summed E-state index contributed by atoms with van der Waals surface area (Å²) in [6.45, 7) is 0. The molecule has 6 heteroatoms. The summed E-state index contributed by atoms with van der Waals surface area (Å²) >= 11 is 0. The lowest BCUT2D eigenvalue weighted by Crippen LogP contribution is -2.47. The van der Waals surface area contributed by atoms with Crippen molar-refractivity contribution in [2.24, 2.45) is 17.3 Å². The van der Waals surface area contributed by atoms with Gasteiger partial charge in [0.15, 0.2) is 0 Å². The van der Waals surface area contributed by atoms with Crippen molar-refractivity contribution in [3.8, 4) is 11.8 Å². The molecule has 2 aliphatic rings. The Balaban J connectivity index is 1.67. The van der Waals surface area contributed by atoms with Gasteiger partial charge in [-0.2, -0.15) is 0 Å². The third-order valence-electron chi connectivity index (χ3n) is 6.74. The van der Waals surface area contributed by atoms with Crippen LogP contribution < -0.4 is 5.32 Å². The van der Waals surface area contributed by atoms with Crippen LogP contribution in [0.2, 0.25) is 0 Å². The molecule has 3 rings (SSSR count). The van der Waals surface area contributed by atoms with Crippen LogP contribution in [0.25, 0.3) is 0 Å². The fraction of sp³-hybridized carbons (Fsp3) is 0.560. The summed E-state index contributed by atoms with van der Waals surface area (Å²) < 4.78 is 0. The molecule has 2 aliphatic carbocycles. The van der Waals surface area contributed by atoms with Crippen LogP contribution in [0.15, 0.2) is 30.3 Å². The van der Waals surface area contributed by atoms with Gasteiger partial charge in [0.05, 0.1) is 17.3 Å². The van der Waals surface area contributed by atoms with Crippen molar-refractivity contribution in [1.29, 1.82) is 0 Å². The second-order valence-corrected chi connectivity index (χ2v) is 8.97. The predicted octanol–water partition coefficient (Wildman–Crippen LogP) is 3.84. The van der Waals surface area contributed by atoms with E-state index in [2.05, 4.69) is 17.2 Å². The zero-order valence-corrected chi connectivity index (χ0v) is 17.8. The van der Waals surface area contributed by atoms with Crippen LogP contribution in [0, 0.1) is 29.1 Å². The molecule has 31 heavy (non-hydrogen) atoms. The summed E-state index contributed by atoms with van der Waals surface area (Å²) in [6, 6.07) is 9.28. The molecule has 3 atom stereocenters. The van der Waals surface area contributed by atoms with Gasteiger partial charge in [-0.1, -0.05) is 49.3 Å². The van der Waals surface area contributed by atoms with E-state index in [0.717, 1.165) is 31.2 Å². The number of carbonyl (C=O) groups excluding carboxylic acids is 1. The third kappa shape index (κ3) is 6.10. The van der Waals surface area contributed by atoms with E-state index in [-0.39, 0.29) is 24.8 Å². The van der Waals surface area contributed by atoms with Crippen LogP contribution in [0.4, 0.5) is 0 Å². The number of carbonyl (C=O) groups is 3. The molecule has 1 amide bonds. The van der Waals surface area contributed by atoms with Gasteiger partial charge in [-0.05, 0) is 50.7 Å². The Hall–Kier alpha value is -2.81. The number of aliphatic carboxylic acids is 2. The lowest BCUT2D eigenvalue weighted by atomic mass is 9.75. The minimum Gasteiger partial charge on any atom is -0.481 e. The second-order valence-electron chi connectivity index (χ2n) is 8.97. The highest BCUT2D eigenvalue weighted by Gasteiger charge is 2.44. The maximum Gasteiger partial charge on any atom is 0.307 e. The SMILES string of the molecule is O=C(O)C(CC#Cc1ccccc1)CC1(C(=O)N[C@@H]2CCC[C@H](C(=O)O)C2)CCCC1. The Morgan fingerprint density at radius 2 is 1.77 bits per heavy atom. The van der Waals surface area contributed by atoms with E-state index in [0.29, 0.717) is 25.7 Å². The van der Waals surface area contributed by atoms with Crippen LogP contribution >= 0.6 is 0 Å². The van der Waals surface area contributed by atoms with E-state index < -0.39 is 29.2 Å². The monoisotopic (exact) mass is 425 g/mol. The molecule has 0 spiro atoms. The quantitative estimate of drug-likeness (QED) is 0.576. The molecule has 0 heterocycles. The number of carboxylic acid groups (broad SMARTS) is 2. The Kier molecular flexibility index (Phi) is 7.73. The molecule has 1 unspecified atom stereocenters. The van der Waals surface area contributed by atoms with Crippen molar-refractivity contribution >= 4 is 17.8 Å². The summed E-state index contributed by atoms with van der Waals surface area (Å²) in [5.41, 5.74) is 0.137. The highest BCUT2D eigenvalue weighted by Crippen LogP contribution is 2.44. The molecule has 0 radical (unpaired) electrons. The van der Waals surface area contributed by atoms with E-state index in [4.69, 9.17) is 0 Å². The van der Waals surface area contributed by atoms with Gasteiger partial charge < -0.3 is 15.5 Å². The average molecular weight is 426 g/mol. The van der Waals surface area contributed by atoms with E-state index in [1.165, 1.54) is 0 Å². The molecule has 1 aromatic rings. The average Bonchev–Trinajstić information content (AvgIpc) is 3.24. The van der Waals surface area contributed by atoms with Gasteiger partial charge in [-0.15, -0.1) is 0 Å². The van der Waals surface area contributed by atoms with Crippen molar-refractivity contribution in [3.63, 3.8) is 0 Å². The molecule has 3 N–H and O–H groups in total. The number of carboxylic acids is 2. The summed E-state index contributed by atoms with van der Waals surface area (Å²) in [6.07, 6.45) is 6.26. The largest absolute Gasteiger partial charge is 0.481 e. The Morgan fingerprint density at radius 3 is 2.42 bits per heavy atom. The van der Waals surface area contributed by atoms with Crippen LogP contribution in [-0.2, 0) is 14.4 Å². The molecule has 166 valence electrons. The molecule has 2 fully saturated rings. The molecule has 0 bridgehead atoms. The molecule has 1 aromatic carbocycles. The Morgan fingerprint density at radius 1 is 1.06 bits per heavy atom.